The van der Waals surface area contributed by atoms with E-state index >= 15 is 0 Å². The summed E-state index contributed by atoms with van der Waals surface area (Å²) in [5.41, 5.74) is 9.30. The van der Waals surface area contributed by atoms with E-state index in [0.29, 0.717) is 0 Å². The predicted octanol–water partition coefficient (Wildman–Crippen LogP) is 7.21. The summed E-state index contributed by atoms with van der Waals surface area (Å²) in [4.78, 5) is 9.58. The summed E-state index contributed by atoms with van der Waals surface area (Å²) in [5, 5.41) is 14.3. The van der Waals surface area contributed by atoms with Crippen molar-refractivity contribution in [2.45, 2.75) is 40.2 Å². The Balaban J connectivity index is 1.78. The van der Waals surface area contributed by atoms with E-state index in [9.17, 15) is 5.11 Å². The zero-order chi connectivity index (χ0) is 24.7. The molecule has 6 heteroatoms. The van der Waals surface area contributed by atoms with Gasteiger partial charge in [-0.15, -0.1) is 0 Å². The SMILES string of the molecule is C=C(O)c1cc(-c2cn([C@@H](CC)c3ccccn3)c3cc(-c4c(C)noc4C)cnc23)ccc1C. The van der Waals surface area contributed by atoms with Crippen LogP contribution in [0.1, 0.15) is 47.7 Å². The van der Waals surface area contributed by atoms with Crippen LogP contribution in [0.15, 0.2) is 72.2 Å². The summed E-state index contributed by atoms with van der Waals surface area (Å²) in [6.45, 7) is 11.7. The summed E-state index contributed by atoms with van der Waals surface area (Å²) in [6.07, 6.45) is 6.72. The molecule has 5 rings (SSSR count). The Hall–Kier alpha value is -4.19. The van der Waals surface area contributed by atoms with Crippen molar-refractivity contribution in [1.82, 2.24) is 19.7 Å². The number of aliphatic hydroxyl groups excluding tert-OH is 1. The first-order valence-electron chi connectivity index (χ1n) is 11.7. The van der Waals surface area contributed by atoms with Crippen LogP contribution >= 0.6 is 0 Å². The number of aliphatic hydroxyl groups is 1. The fourth-order valence-corrected chi connectivity index (χ4v) is 4.85. The van der Waals surface area contributed by atoms with Gasteiger partial charge in [0, 0.05) is 40.8 Å². The van der Waals surface area contributed by atoms with Crippen molar-refractivity contribution in [2.24, 2.45) is 0 Å². The molecule has 0 aliphatic carbocycles. The van der Waals surface area contributed by atoms with E-state index < -0.39 is 0 Å². The number of rotatable bonds is 6. The van der Waals surface area contributed by atoms with Crippen LogP contribution in [-0.4, -0.2) is 24.8 Å². The van der Waals surface area contributed by atoms with E-state index in [1.807, 2.05) is 57.4 Å². The Kier molecular flexibility index (Phi) is 5.73. The molecule has 0 fully saturated rings. The van der Waals surface area contributed by atoms with Gasteiger partial charge in [0.2, 0.25) is 0 Å². The van der Waals surface area contributed by atoms with Crippen LogP contribution in [0.4, 0.5) is 0 Å². The standard InChI is InChI=1S/C29H28N4O2/c1-6-26(25-9-7-8-12-30-25)33-16-24(21-11-10-17(2)23(13-21)19(4)34)29-27(33)14-22(15-31-29)28-18(3)32-35-20(28)5/h7-16,26,34H,4,6H2,1-3,5H3/t26-/m0/s1. The lowest BCUT2D eigenvalue weighted by Crippen LogP contribution is -2.10. The van der Waals surface area contributed by atoms with Gasteiger partial charge in [0.05, 0.1) is 28.5 Å². The molecule has 1 N–H and O–H groups in total. The Morgan fingerprint density at radius 2 is 1.91 bits per heavy atom. The van der Waals surface area contributed by atoms with E-state index in [2.05, 4.69) is 52.6 Å². The maximum Gasteiger partial charge on any atom is 0.141 e. The Morgan fingerprint density at radius 1 is 1.09 bits per heavy atom. The van der Waals surface area contributed by atoms with Crippen LogP contribution in [0.5, 0.6) is 0 Å². The van der Waals surface area contributed by atoms with E-state index in [4.69, 9.17) is 9.51 Å². The highest BCUT2D eigenvalue weighted by molar-refractivity contribution is 5.95. The summed E-state index contributed by atoms with van der Waals surface area (Å²) < 4.78 is 7.68. The predicted molar refractivity (Wildman–Crippen MR) is 139 cm³/mol. The van der Waals surface area contributed by atoms with Crippen molar-refractivity contribution in [3.63, 3.8) is 0 Å². The monoisotopic (exact) mass is 464 g/mol. The van der Waals surface area contributed by atoms with Crippen LogP contribution in [0.3, 0.4) is 0 Å². The zero-order valence-electron chi connectivity index (χ0n) is 20.4. The minimum absolute atomic E-state index is 0.0342. The molecule has 0 aliphatic rings. The third-order valence-electron chi connectivity index (χ3n) is 6.60. The number of hydrogen-bond acceptors (Lipinski definition) is 5. The molecule has 6 nitrogen and oxygen atoms in total. The average Bonchev–Trinajstić information content (AvgIpc) is 3.39. The number of aryl methyl sites for hydroxylation is 3. The van der Waals surface area contributed by atoms with Gasteiger partial charge in [0.25, 0.3) is 0 Å². The van der Waals surface area contributed by atoms with E-state index in [0.717, 1.165) is 68.0 Å². The number of pyridine rings is 2. The molecular formula is C29H28N4O2. The molecular weight excluding hydrogens is 436 g/mol. The highest BCUT2D eigenvalue weighted by Gasteiger charge is 2.22. The Morgan fingerprint density at radius 3 is 2.57 bits per heavy atom. The van der Waals surface area contributed by atoms with Crippen LogP contribution in [-0.2, 0) is 0 Å². The molecule has 0 bridgehead atoms. The third-order valence-corrected chi connectivity index (χ3v) is 6.60. The largest absolute Gasteiger partial charge is 0.508 e. The molecule has 1 aromatic carbocycles. The second-order valence-electron chi connectivity index (χ2n) is 8.90. The first-order chi connectivity index (χ1) is 16.9. The van der Waals surface area contributed by atoms with Crippen molar-refractivity contribution in [2.75, 3.05) is 0 Å². The zero-order valence-corrected chi connectivity index (χ0v) is 20.4. The van der Waals surface area contributed by atoms with Crippen molar-refractivity contribution < 1.29 is 9.63 Å². The van der Waals surface area contributed by atoms with E-state index in [1.54, 1.807) is 0 Å². The van der Waals surface area contributed by atoms with Gasteiger partial charge in [-0.2, -0.15) is 0 Å². The Bertz CT molecular complexity index is 1530. The van der Waals surface area contributed by atoms with Gasteiger partial charge in [0.15, 0.2) is 0 Å². The number of aromatic nitrogens is 4. The lowest BCUT2D eigenvalue weighted by Gasteiger charge is -2.18. The molecule has 35 heavy (non-hydrogen) atoms. The summed E-state index contributed by atoms with van der Waals surface area (Å²) in [5.74, 6) is 0.824. The Labute approximate surface area is 204 Å². The molecule has 0 amide bonds. The van der Waals surface area contributed by atoms with Gasteiger partial charge in [-0.1, -0.05) is 36.9 Å². The van der Waals surface area contributed by atoms with Gasteiger partial charge in [-0.05, 0) is 62.6 Å². The topological polar surface area (TPSA) is 77.0 Å². The van der Waals surface area contributed by atoms with Crippen molar-refractivity contribution >= 4 is 16.8 Å². The number of benzene rings is 1. The molecule has 0 saturated carbocycles. The minimum atomic E-state index is 0.0342. The first kappa shape index (κ1) is 22.6. The summed E-state index contributed by atoms with van der Waals surface area (Å²) in [7, 11) is 0. The van der Waals surface area contributed by atoms with Gasteiger partial charge >= 0.3 is 0 Å². The van der Waals surface area contributed by atoms with Crippen LogP contribution in [0.2, 0.25) is 0 Å². The third kappa shape index (κ3) is 3.91. The quantitative estimate of drug-likeness (QED) is 0.269. The number of hydrogen-bond donors (Lipinski definition) is 1. The lowest BCUT2D eigenvalue weighted by atomic mass is 9.99. The van der Waals surface area contributed by atoms with Crippen LogP contribution in [0.25, 0.3) is 39.0 Å². The van der Waals surface area contributed by atoms with Gasteiger partial charge < -0.3 is 14.2 Å². The van der Waals surface area contributed by atoms with Crippen molar-refractivity contribution in [3.05, 3.63) is 95.9 Å². The van der Waals surface area contributed by atoms with Crippen LogP contribution < -0.4 is 0 Å². The normalized spacial score (nSPS) is 12.2. The van der Waals surface area contributed by atoms with E-state index in [1.165, 1.54) is 0 Å². The fourth-order valence-electron chi connectivity index (χ4n) is 4.85. The summed E-state index contributed by atoms with van der Waals surface area (Å²) >= 11 is 0. The molecule has 4 aromatic heterocycles. The van der Waals surface area contributed by atoms with Gasteiger partial charge in [0.1, 0.15) is 11.5 Å². The molecule has 0 spiro atoms. The maximum atomic E-state index is 10.1. The molecule has 0 aliphatic heterocycles. The first-order valence-corrected chi connectivity index (χ1v) is 11.7. The minimum Gasteiger partial charge on any atom is -0.508 e. The van der Waals surface area contributed by atoms with Crippen LogP contribution in [0, 0.1) is 20.8 Å². The number of fused-ring (bicyclic) bond motifs is 1. The lowest BCUT2D eigenvalue weighted by molar-refractivity contribution is 0.393. The van der Waals surface area contributed by atoms with Gasteiger partial charge in [-0.25, -0.2) is 0 Å². The molecule has 0 unspecified atom stereocenters. The molecule has 1 atom stereocenters. The molecule has 4 heterocycles. The second-order valence-corrected chi connectivity index (χ2v) is 8.90. The molecule has 0 radical (unpaired) electrons. The molecule has 176 valence electrons. The molecule has 0 saturated heterocycles. The average molecular weight is 465 g/mol. The highest BCUT2D eigenvalue weighted by atomic mass is 16.5. The maximum absolute atomic E-state index is 10.1. The van der Waals surface area contributed by atoms with E-state index in [-0.39, 0.29) is 11.8 Å². The van der Waals surface area contributed by atoms with Gasteiger partial charge in [-0.3, -0.25) is 9.97 Å². The van der Waals surface area contributed by atoms with Crippen molar-refractivity contribution in [3.8, 4) is 22.3 Å². The second kappa shape index (κ2) is 8.87. The fraction of sp³-hybridized carbons (Fsp3) is 0.207. The summed E-state index contributed by atoms with van der Waals surface area (Å²) in [6, 6.07) is 14.2. The number of nitrogens with zero attached hydrogens (tertiary/aromatic N) is 4. The smallest absolute Gasteiger partial charge is 0.141 e. The molecule has 5 aromatic rings. The van der Waals surface area contributed by atoms with Crippen molar-refractivity contribution in [1.29, 1.82) is 0 Å². The highest BCUT2D eigenvalue weighted by Crippen LogP contribution is 2.37.